The summed E-state index contributed by atoms with van der Waals surface area (Å²) in [6, 6.07) is 5.20. The lowest BCUT2D eigenvalue weighted by atomic mass is 9.43. The number of pyridine rings is 1. The molecule has 4 saturated carbocycles. The molecule has 8 atom stereocenters. The Bertz CT molecular complexity index is 816. The zero-order chi connectivity index (χ0) is 20.7. The van der Waals surface area contributed by atoms with E-state index in [4.69, 9.17) is 0 Å². The fourth-order valence-electron chi connectivity index (χ4n) is 8.38. The molecule has 1 aromatic rings. The minimum atomic E-state index is -1.31. The normalized spacial score (nSPS) is 51.8. The highest BCUT2D eigenvalue weighted by atomic mass is 16.5. The molecular weight excluding hydrogens is 366 g/mol. The van der Waals surface area contributed by atoms with Gasteiger partial charge in [0.15, 0.2) is 11.8 Å². The standard InChI is InChI=1S/C24H35NO4/c1-21-10-8-17(26)15-16(21)6-7-19-18(21)9-11-22(2)23(19,27)12-13-24(22,28)20-5-3-4-14-25(20)29/h3-5,14,16-19,26-28H,6-13,15H2,1-2H3/t16-,17+,18+,19-,21+,22+,23+,24+/m1/s1. The fourth-order valence-corrected chi connectivity index (χ4v) is 8.38. The lowest BCUT2D eigenvalue weighted by Crippen LogP contribution is -2.65. The molecular formula is C24H35NO4. The number of rotatable bonds is 1. The average Bonchev–Trinajstić information content (AvgIpc) is 2.91. The highest BCUT2D eigenvalue weighted by Gasteiger charge is 2.73. The van der Waals surface area contributed by atoms with E-state index in [1.54, 1.807) is 18.2 Å². The van der Waals surface area contributed by atoms with Gasteiger partial charge in [0.25, 0.3) is 0 Å². The van der Waals surface area contributed by atoms with Crippen molar-refractivity contribution < 1.29 is 20.0 Å². The van der Waals surface area contributed by atoms with Crippen molar-refractivity contribution in [2.45, 2.75) is 88.9 Å². The molecule has 0 amide bonds. The number of nitrogens with zero attached hydrogens (tertiary/aromatic N) is 1. The van der Waals surface area contributed by atoms with Gasteiger partial charge < -0.3 is 20.5 Å². The molecule has 5 heteroatoms. The van der Waals surface area contributed by atoms with Crippen LogP contribution in [0.4, 0.5) is 0 Å². The summed E-state index contributed by atoms with van der Waals surface area (Å²) in [5.74, 6) is 1.10. The zero-order valence-electron chi connectivity index (χ0n) is 17.7. The van der Waals surface area contributed by atoms with Crippen LogP contribution in [0.2, 0.25) is 0 Å². The highest BCUT2D eigenvalue weighted by Crippen LogP contribution is 2.71. The molecule has 4 fully saturated rings. The van der Waals surface area contributed by atoms with Gasteiger partial charge in [0.1, 0.15) is 0 Å². The SMILES string of the molecule is C[C@]12CC[C@H](O)C[C@H]1CC[C@@H]1[C@@H]2CC[C@]2(C)[C@@](O)(c3cccc[n+]3[O-])CC[C@]12O. The van der Waals surface area contributed by atoms with Gasteiger partial charge in [-0.05, 0) is 87.0 Å². The first kappa shape index (κ1) is 19.8. The first-order chi connectivity index (χ1) is 13.7. The maximum atomic E-state index is 12.5. The molecule has 0 spiro atoms. The molecule has 5 rings (SSSR count). The van der Waals surface area contributed by atoms with E-state index in [1.807, 2.05) is 6.92 Å². The number of hydrogen-bond acceptors (Lipinski definition) is 4. The minimum absolute atomic E-state index is 0.149. The molecule has 0 unspecified atom stereocenters. The van der Waals surface area contributed by atoms with Crippen LogP contribution in [0, 0.1) is 33.8 Å². The summed E-state index contributed by atoms with van der Waals surface area (Å²) >= 11 is 0. The largest absolute Gasteiger partial charge is 0.618 e. The van der Waals surface area contributed by atoms with Crippen LogP contribution >= 0.6 is 0 Å². The molecule has 160 valence electrons. The molecule has 1 aromatic heterocycles. The van der Waals surface area contributed by atoms with Gasteiger partial charge in [-0.1, -0.05) is 13.8 Å². The first-order valence-electron chi connectivity index (χ1n) is 11.5. The van der Waals surface area contributed by atoms with Crippen molar-refractivity contribution in [1.82, 2.24) is 0 Å². The summed E-state index contributed by atoms with van der Waals surface area (Å²) in [6.07, 6.45) is 8.69. The number of aliphatic hydroxyl groups excluding tert-OH is 1. The van der Waals surface area contributed by atoms with Crippen LogP contribution in [0.1, 0.15) is 77.3 Å². The second-order valence-electron chi connectivity index (χ2n) is 11.0. The molecule has 4 aliphatic carbocycles. The number of aromatic nitrogens is 1. The van der Waals surface area contributed by atoms with Crippen molar-refractivity contribution in [2.24, 2.45) is 28.6 Å². The Balaban J connectivity index is 1.54. The van der Waals surface area contributed by atoms with Crippen LogP contribution < -0.4 is 4.73 Å². The molecule has 1 heterocycles. The molecule has 0 aromatic carbocycles. The second-order valence-corrected chi connectivity index (χ2v) is 11.0. The van der Waals surface area contributed by atoms with E-state index in [0.29, 0.717) is 30.4 Å². The Morgan fingerprint density at radius 1 is 0.966 bits per heavy atom. The van der Waals surface area contributed by atoms with Crippen molar-refractivity contribution in [3.8, 4) is 0 Å². The van der Waals surface area contributed by atoms with Crippen molar-refractivity contribution in [2.75, 3.05) is 0 Å². The fraction of sp³-hybridized carbons (Fsp3) is 0.792. The average molecular weight is 402 g/mol. The maximum Gasteiger partial charge on any atom is 0.225 e. The second kappa shape index (κ2) is 6.18. The number of aliphatic hydroxyl groups is 3. The van der Waals surface area contributed by atoms with E-state index in [9.17, 15) is 20.5 Å². The van der Waals surface area contributed by atoms with Crippen molar-refractivity contribution in [3.63, 3.8) is 0 Å². The van der Waals surface area contributed by atoms with E-state index in [-0.39, 0.29) is 17.4 Å². The van der Waals surface area contributed by atoms with Gasteiger partial charge in [-0.15, -0.1) is 0 Å². The van der Waals surface area contributed by atoms with Gasteiger partial charge >= 0.3 is 0 Å². The molecule has 0 bridgehead atoms. The van der Waals surface area contributed by atoms with Crippen LogP contribution in [0.5, 0.6) is 0 Å². The van der Waals surface area contributed by atoms with Gasteiger partial charge in [0.2, 0.25) is 5.69 Å². The Hall–Kier alpha value is -1.17. The Morgan fingerprint density at radius 3 is 2.52 bits per heavy atom. The minimum Gasteiger partial charge on any atom is -0.618 e. The lowest BCUT2D eigenvalue weighted by Gasteiger charge is -2.64. The van der Waals surface area contributed by atoms with Gasteiger partial charge in [0, 0.05) is 17.5 Å². The van der Waals surface area contributed by atoms with Crippen LogP contribution in [-0.4, -0.2) is 27.0 Å². The topological polar surface area (TPSA) is 87.6 Å². The van der Waals surface area contributed by atoms with E-state index in [0.717, 1.165) is 49.7 Å². The molecule has 0 radical (unpaired) electrons. The number of hydrogen-bond donors (Lipinski definition) is 3. The van der Waals surface area contributed by atoms with Gasteiger partial charge in [0.05, 0.1) is 11.7 Å². The van der Waals surface area contributed by atoms with Gasteiger partial charge in [-0.25, -0.2) is 0 Å². The summed E-state index contributed by atoms with van der Waals surface area (Å²) in [5, 5.41) is 46.8. The summed E-state index contributed by atoms with van der Waals surface area (Å²) < 4.78 is 0.782. The van der Waals surface area contributed by atoms with E-state index in [1.165, 1.54) is 6.20 Å². The van der Waals surface area contributed by atoms with Crippen LogP contribution in [0.3, 0.4) is 0 Å². The van der Waals surface area contributed by atoms with Crippen LogP contribution in [0.25, 0.3) is 0 Å². The summed E-state index contributed by atoms with van der Waals surface area (Å²) in [5.41, 5.74) is -2.47. The van der Waals surface area contributed by atoms with Gasteiger partial charge in [-0.2, -0.15) is 4.73 Å². The third-order valence-corrected chi connectivity index (χ3v) is 10.2. The van der Waals surface area contributed by atoms with E-state index < -0.39 is 16.6 Å². The third kappa shape index (κ3) is 2.35. The third-order valence-electron chi connectivity index (χ3n) is 10.2. The van der Waals surface area contributed by atoms with Crippen molar-refractivity contribution in [1.29, 1.82) is 0 Å². The Kier molecular flexibility index (Phi) is 4.21. The first-order valence-corrected chi connectivity index (χ1v) is 11.5. The molecule has 0 aliphatic heterocycles. The molecule has 3 N–H and O–H groups in total. The summed E-state index contributed by atoms with van der Waals surface area (Å²) in [4.78, 5) is 0. The lowest BCUT2D eigenvalue weighted by molar-refractivity contribution is -0.625. The van der Waals surface area contributed by atoms with E-state index in [2.05, 4.69) is 6.92 Å². The summed E-state index contributed by atoms with van der Waals surface area (Å²) in [6.45, 7) is 4.40. The molecule has 5 nitrogen and oxygen atoms in total. The summed E-state index contributed by atoms with van der Waals surface area (Å²) in [7, 11) is 0. The van der Waals surface area contributed by atoms with Crippen LogP contribution in [-0.2, 0) is 5.60 Å². The molecule has 0 saturated heterocycles. The maximum absolute atomic E-state index is 12.5. The molecule has 29 heavy (non-hydrogen) atoms. The smallest absolute Gasteiger partial charge is 0.225 e. The number of fused-ring (bicyclic) bond motifs is 5. The highest BCUT2D eigenvalue weighted by molar-refractivity contribution is 5.26. The zero-order valence-corrected chi connectivity index (χ0v) is 17.7. The van der Waals surface area contributed by atoms with E-state index >= 15 is 0 Å². The quantitative estimate of drug-likeness (QED) is 0.499. The Morgan fingerprint density at radius 2 is 1.76 bits per heavy atom. The predicted octanol–water partition coefficient (Wildman–Crippen LogP) is 3.03. The molecule has 4 aliphatic rings. The monoisotopic (exact) mass is 401 g/mol. The Labute approximate surface area is 173 Å². The van der Waals surface area contributed by atoms with Crippen molar-refractivity contribution >= 4 is 0 Å². The predicted molar refractivity (Wildman–Crippen MR) is 108 cm³/mol. The van der Waals surface area contributed by atoms with Crippen molar-refractivity contribution in [3.05, 3.63) is 35.3 Å². The van der Waals surface area contributed by atoms with Crippen LogP contribution in [0.15, 0.2) is 24.4 Å². The van der Waals surface area contributed by atoms with Gasteiger partial charge in [-0.3, -0.25) is 0 Å².